The fourth-order valence-electron chi connectivity index (χ4n) is 5.98. The predicted octanol–water partition coefficient (Wildman–Crippen LogP) is 5.88. The van der Waals surface area contributed by atoms with E-state index in [0.29, 0.717) is 24.2 Å². The molecule has 1 amide bonds. The first-order valence-electron chi connectivity index (χ1n) is 13.2. The lowest BCUT2D eigenvalue weighted by atomic mass is 9.88. The molecule has 0 unspecified atom stereocenters. The first-order valence-corrected chi connectivity index (χ1v) is 13.2. The average molecular weight is 448 g/mol. The number of hydrogen-bond donors (Lipinski definition) is 2. The number of rotatable bonds is 13. The molecule has 4 nitrogen and oxygen atoms in total. The lowest BCUT2D eigenvalue weighted by Crippen LogP contribution is -2.41. The normalized spacial score (nSPS) is 27.2. The summed E-state index contributed by atoms with van der Waals surface area (Å²) in [4.78, 5) is 14.6. The highest BCUT2D eigenvalue weighted by atomic mass is 16.3. The van der Waals surface area contributed by atoms with Crippen LogP contribution in [-0.4, -0.2) is 45.3 Å². The molecule has 0 heterocycles. The second-order valence-corrected chi connectivity index (χ2v) is 11.0. The van der Waals surface area contributed by atoms with Crippen LogP contribution in [-0.2, 0) is 4.79 Å². The van der Waals surface area contributed by atoms with Crippen LogP contribution in [0.3, 0.4) is 0 Å². The van der Waals surface area contributed by atoms with Crippen molar-refractivity contribution >= 4 is 5.91 Å². The van der Waals surface area contributed by atoms with Crippen LogP contribution in [0.5, 0.6) is 0 Å². The van der Waals surface area contributed by atoms with Gasteiger partial charge in [0.05, 0.1) is 12.2 Å². The third-order valence-corrected chi connectivity index (χ3v) is 7.49. The van der Waals surface area contributed by atoms with E-state index in [2.05, 4.69) is 53.7 Å². The highest BCUT2D eigenvalue weighted by Crippen LogP contribution is 2.48. The summed E-state index contributed by atoms with van der Waals surface area (Å²) in [5, 5.41) is 21.0. The van der Waals surface area contributed by atoms with E-state index in [-0.39, 0.29) is 30.0 Å². The van der Waals surface area contributed by atoms with E-state index in [1.54, 1.807) is 0 Å². The van der Waals surface area contributed by atoms with Gasteiger partial charge >= 0.3 is 0 Å². The third-order valence-electron chi connectivity index (χ3n) is 7.49. The molecule has 0 aromatic heterocycles. The van der Waals surface area contributed by atoms with Crippen molar-refractivity contribution in [3.63, 3.8) is 0 Å². The molecule has 0 aliphatic heterocycles. The Hall–Kier alpha value is -1.13. The van der Waals surface area contributed by atoms with E-state index in [1.807, 2.05) is 11.0 Å². The quantitative estimate of drug-likeness (QED) is 0.347. The molecule has 0 aromatic rings. The van der Waals surface area contributed by atoms with Crippen molar-refractivity contribution in [3.8, 4) is 0 Å². The highest BCUT2D eigenvalue weighted by molar-refractivity contribution is 5.76. The van der Waals surface area contributed by atoms with Gasteiger partial charge in [0.15, 0.2) is 0 Å². The van der Waals surface area contributed by atoms with Gasteiger partial charge in [-0.3, -0.25) is 4.79 Å². The van der Waals surface area contributed by atoms with E-state index < -0.39 is 6.10 Å². The Labute approximate surface area is 197 Å². The predicted molar refractivity (Wildman–Crippen MR) is 133 cm³/mol. The average Bonchev–Trinajstić information content (AvgIpc) is 3.20. The molecule has 32 heavy (non-hydrogen) atoms. The number of carbonyl (C=O) groups is 1. The minimum atomic E-state index is -0.419. The van der Waals surface area contributed by atoms with Gasteiger partial charge in [-0.2, -0.15) is 0 Å². The zero-order chi connectivity index (χ0) is 23.8. The van der Waals surface area contributed by atoms with Gasteiger partial charge in [0.25, 0.3) is 0 Å². The number of allylic oxidation sites excluding steroid dienone is 2. The number of nitrogens with zero attached hydrogens (tertiary/aromatic N) is 1. The van der Waals surface area contributed by atoms with E-state index in [9.17, 15) is 15.0 Å². The van der Waals surface area contributed by atoms with Gasteiger partial charge in [0, 0.05) is 24.4 Å². The number of aliphatic hydroxyl groups is 2. The molecule has 2 N–H and O–H groups in total. The first-order chi connectivity index (χ1) is 15.1. The molecule has 2 aliphatic carbocycles. The number of carbonyl (C=O) groups excluding carboxylic acids is 1. The van der Waals surface area contributed by atoms with Crippen molar-refractivity contribution in [1.29, 1.82) is 0 Å². The third kappa shape index (κ3) is 7.73. The molecule has 0 aromatic carbocycles. The number of unbranched alkanes of at least 4 members (excludes halogenated alkanes) is 1. The molecule has 0 radical (unpaired) electrons. The molecular weight excluding hydrogens is 398 g/mol. The van der Waals surface area contributed by atoms with Gasteiger partial charge in [0.2, 0.25) is 5.91 Å². The minimum Gasteiger partial charge on any atom is -0.392 e. The van der Waals surface area contributed by atoms with Crippen LogP contribution >= 0.6 is 0 Å². The van der Waals surface area contributed by atoms with Crippen LogP contribution in [0.15, 0.2) is 23.8 Å². The molecule has 184 valence electrons. The SMILES string of the molecule is CCCC[C@H](C)C[C@H](O)C=C[C@@H]1[C@H]2CC(CCCC(=O)N(C(C)C)C(C)C)=C[C@H]2C[C@H]1O. The fourth-order valence-corrected chi connectivity index (χ4v) is 5.98. The van der Waals surface area contributed by atoms with Crippen LogP contribution in [0.25, 0.3) is 0 Å². The van der Waals surface area contributed by atoms with E-state index in [4.69, 9.17) is 0 Å². The second-order valence-electron chi connectivity index (χ2n) is 11.0. The van der Waals surface area contributed by atoms with Crippen LogP contribution in [0, 0.1) is 23.7 Å². The fraction of sp³-hybridized carbons (Fsp3) is 0.821. The maximum atomic E-state index is 12.6. The molecule has 2 aliphatic rings. The van der Waals surface area contributed by atoms with Gasteiger partial charge in [-0.25, -0.2) is 0 Å². The molecule has 0 bridgehead atoms. The summed E-state index contributed by atoms with van der Waals surface area (Å²) in [5.41, 5.74) is 1.45. The topological polar surface area (TPSA) is 60.8 Å². The lowest BCUT2D eigenvalue weighted by molar-refractivity contribution is -0.134. The van der Waals surface area contributed by atoms with Crippen LogP contribution in [0.1, 0.15) is 99.3 Å². The Bertz CT molecular complexity index is 631. The number of amides is 1. The van der Waals surface area contributed by atoms with Gasteiger partial charge in [0.1, 0.15) is 0 Å². The number of fused-ring (bicyclic) bond motifs is 1. The highest BCUT2D eigenvalue weighted by Gasteiger charge is 2.43. The Morgan fingerprint density at radius 3 is 2.50 bits per heavy atom. The summed E-state index contributed by atoms with van der Waals surface area (Å²) in [7, 11) is 0. The zero-order valence-electron chi connectivity index (χ0n) is 21.5. The zero-order valence-corrected chi connectivity index (χ0v) is 21.5. The van der Waals surface area contributed by atoms with Crippen LogP contribution < -0.4 is 0 Å². The van der Waals surface area contributed by atoms with Gasteiger partial charge in [-0.05, 0) is 77.6 Å². The summed E-state index contributed by atoms with van der Waals surface area (Å²) in [6, 6.07) is 0.484. The Morgan fingerprint density at radius 1 is 1.19 bits per heavy atom. The Kier molecular flexibility index (Phi) is 11.0. The van der Waals surface area contributed by atoms with Crippen molar-refractivity contribution in [1.82, 2.24) is 4.90 Å². The van der Waals surface area contributed by atoms with Crippen molar-refractivity contribution in [2.75, 3.05) is 0 Å². The number of aliphatic hydroxyl groups excluding tert-OH is 2. The maximum Gasteiger partial charge on any atom is 0.223 e. The Morgan fingerprint density at radius 2 is 1.88 bits per heavy atom. The second kappa shape index (κ2) is 12.9. The minimum absolute atomic E-state index is 0.133. The van der Waals surface area contributed by atoms with E-state index in [1.165, 1.54) is 24.8 Å². The standard InChI is InChI=1S/C28H49NO3/c1-7-8-10-21(6)15-24(30)13-14-25-26-17-22(16-23(26)18-27(25)31)11-9-12-28(32)29(19(2)3)20(4)5/h13-14,16,19-21,23-27,30-31H,7-12,15,17-18H2,1-6H3/t21-,23-,24+,25+,26-,27+/m0/s1. The molecule has 0 saturated heterocycles. The molecule has 0 spiro atoms. The number of hydrogen-bond acceptors (Lipinski definition) is 3. The van der Waals surface area contributed by atoms with Crippen molar-refractivity contribution in [3.05, 3.63) is 23.8 Å². The molecule has 4 heteroatoms. The smallest absolute Gasteiger partial charge is 0.223 e. The summed E-state index contributed by atoms with van der Waals surface area (Å²) in [6.45, 7) is 12.8. The van der Waals surface area contributed by atoms with Crippen molar-refractivity contribution < 1.29 is 15.0 Å². The van der Waals surface area contributed by atoms with Crippen molar-refractivity contribution in [2.45, 2.75) is 124 Å². The van der Waals surface area contributed by atoms with Crippen molar-refractivity contribution in [2.24, 2.45) is 23.7 Å². The molecule has 1 saturated carbocycles. The maximum absolute atomic E-state index is 12.6. The Balaban J connectivity index is 1.82. The summed E-state index contributed by atoms with van der Waals surface area (Å²) in [6.07, 6.45) is 14.4. The van der Waals surface area contributed by atoms with Crippen LogP contribution in [0.4, 0.5) is 0 Å². The van der Waals surface area contributed by atoms with Crippen LogP contribution in [0.2, 0.25) is 0 Å². The molecule has 1 fully saturated rings. The first kappa shape index (κ1) is 27.1. The molecule has 6 atom stereocenters. The monoisotopic (exact) mass is 447 g/mol. The summed E-state index contributed by atoms with van der Waals surface area (Å²) in [5.74, 6) is 1.80. The summed E-state index contributed by atoms with van der Waals surface area (Å²) >= 11 is 0. The largest absolute Gasteiger partial charge is 0.392 e. The van der Waals surface area contributed by atoms with Gasteiger partial charge < -0.3 is 15.1 Å². The van der Waals surface area contributed by atoms with Gasteiger partial charge in [-0.1, -0.05) is 56.9 Å². The van der Waals surface area contributed by atoms with E-state index in [0.717, 1.165) is 32.1 Å². The molecule has 2 rings (SSSR count). The lowest BCUT2D eigenvalue weighted by Gasteiger charge is -2.31. The molecular formula is C28H49NO3. The van der Waals surface area contributed by atoms with Gasteiger partial charge in [-0.15, -0.1) is 0 Å². The van der Waals surface area contributed by atoms with E-state index >= 15 is 0 Å². The summed E-state index contributed by atoms with van der Waals surface area (Å²) < 4.78 is 0.